The topological polar surface area (TPSA) is 95.8 Å². The first-order valence-corrected chi connectivity index (χ1v) is 9.00. The minimum absolute atomic E-state index is 0.0124. The Morgan fingerprint density at radius 3 is 2.68 bits per heavy atom. The molecule has 0 saturated carbocycles. The monoisotopic (exact) mass is 364 g/mol. The molecule has 6 nitrogen and oxygen atoms in total. The summed E-state index contributed by atoms with van der Waals surface area (Å²) < 4.78 is 22.7. The fourth-order valence-corrected chi connectivity index (χ4v) is 4.37. The van der Waals surface area contributed by atoms with Gasteiger partial charge in [0.2, 0.25) is 5.91 Å². The predicted octanol–water partition coefficient (Wildman–Crippen LogP) is 1.97. The van der Waals surface area contributed by atoms with Crippen molar-refractivity contribution in [3.05, 3.63) is 27.7 Å². The average Bonchev–Trinajstić information content (AvgIpc) is 2.80. The van der Waals surface area contributed by atoms with Crippen LogP contribution < -0.4 is 5.43 Å². The van der Waals surface area contributed by atoms with Gasteiger partial charge in [-0.2, -0.15) is 5.10 Å². The molecule has 1 heterocycles. The zero-order chi connectivity index (χ0) is 16.5. The molecule has 1 aromatic rings. The Balaban J connectivity index is 2.12. The summed E-state index contributed by atoms with van der Waals surface area (Å²) >= 11 is 11.7. The highest BCUT2D eigenvalue weighted by Gasteiger charge is 2.32. The number of halogens is 2. The minimum Gasteiger partial charge on any atom is -0.506 e. The summed E-state index contributed by atoms with van der Waals surface area (Å²) in [6.07, 6.45) is 0.289. The molecule has 1 saturated heterocycles. The molecular weight excluding hydrogens is 351 g/mol. The van der Waals surface area contributed by atoms with Crippen LogP contribution in [0.3, 0.4) is 0 Å². The number of nitrogens with one attached hydrogen (secondary N) is 1. The number of phenolic OH excluding ortho intramolecular Hbond substituents is 1. The van der Waals surface area contributed by atoms with E-state index in [1.807, 2.05) is 0 Å². The number of sulfone groups is 1. The molecule has 120 valence electrons. The van der Waals surface area contributed by atoms with Crippen molar-refractivity contribution in [1.82, 2.24) is 5.43 Å². The normalized spacial score (nSPS) is 20.9. The van der Waals surface area contributed by atoms with Crippen molar-refractivity contribution in [2.75, 3.05) is 11.5 Å². The minimum atomic E-state index is -3.13. The van der Waals surface area contributed by atoms with Gasteiger partial charge in [0.1, 0.15) is 5.75 Å². The number of hydrogen-bond donors (Lipinski definition) is 2. The maximum Gasteiger partial charge on any atom is 0.244 e. The van der Waals surface area contributed by atoms with E-state index in [2.05, 4.69) is 10.5 Å². The van der Waals surface area contributed by atoms with Crippen molar-refractivity contribution in [1.29, 1.82) is 0 Å². The Morgan fingerprint density at radius 2 is 2.09 bits per heavy atom. The molecule has 1 aromatic carbocycles. The molecule has 2 rings (SSSR count). The van der Waals surface area contributed by atoms with E-state index in [-0.39, 0.29) is 34.3 Å². The zero-order valence-corrected chi connectivity index (χ0v) is 14.0. The van der Waals surface area contributed by atoms with Gasteiger partial charge in [0, 0.05) is 10.6 Å². The van der Waals surface area contributed by atoms with Gasteiger partial charge in [-0.15, -0.1) is 0 Å². The lowest BCUT2D eigenvalue weighted by Gasteiger charge is -2.09. The van der Waals surface area contributed by atoms with Gasteiger partial charge in [-0.25, -0.2) is 13.8 Å². The van der Waals surface area contributed by atoms with Crippen LogP contribution in [0.25, 0.3) is 0 Å². The number of hydrazone groups is 1. The molecule has 0 unspecified atom stereocenters. The number of phenols is 1. The molecule has 0 aliphatic carbocycles. The van der Waals surface area contributed by atoms with Gasteiger partial charge in [-0.3, -0.25) is 4.79 Å². The summed E-state index contributed by atoms with van der Waals surface area (Å²) in [6.45, 7) is 1.56. The predicted molar refractivity (Wildman–Crippen MR) is 85.2 cm³/mol. The standard InChI is InChI=1S/C13H14Cl2N2O4S/c1-7(10-4-9(14)5-11(15)12(10)18)16-17-13(19)8-2-3-22(20,21)6-8/h4-5,8,18H,2-3,6H2,1H3,(H,17,19)/b16-7+/t8-/m0/s1. The first kappa shape index (κ1) is 17.1. The van der Waals surface area contributed by atoms with E-state index in [4.69, 9.17) is 23.2 Å². The van der Waals surface area contributed by atoms with Crippen molar-refractivity contribution < 1.29 is 18.3 Å². The average molecular weight is 365 g/mol. The zero-order valence-electron chi connectivity index (χ0n) is 11.6. The third-order valence-corrected chi connectivity index (χ3v) is 5.63. The summed E-state index contributed by atoms with van der Waals surface area (Å²) in [7, 11) is -3.13. The third kappa shape index (κ3) is 3.91. The summed E-state index contributed by atoms with van der Waals surface area (Å²) in [5.74, 6) is -1.41. The summed E-state index contributed by atoms with van der Waals surface area (Å²) in [5, 5.41) is 14.1. The Labute approximate surface area is 138 Å². The number of carbonyl (C=O) groups is 1. The molecule has 22 heavy (non-hydrogen) atoms. The van der Waals surface area contributed by atoms with Gasteiger partial charge >= 0.3 is 0 Å². The van der Waals surface area contributed by atoms with E-state index < -0.39 is 21.7 Å². The second-order valence-electron chi connectivity index (χ2n) is 5.06. The maximum atomic E-state index is 11.9. The Hall–Kier alpha value is -1.31. The van der Waals surface area contributed by atoms with Crippen molar-refractivity contribution in [3.63, 3.8) is 0 Å². The van der Waals surface area contributed by atoms with Crippen molar-refractivity contribution in [3.8, 4) is 5.75 Å². The quantitative estimate of drug-likeness (QED) is 0.632. The molecule has 0 spiro atoms. The largest absolute Gasteiger partial charge is 0.506 e. The summed E-state index contributed by atoms with van der Waals surface area (Å²) in [5.41, 5.74) is 2.90. The van der Waals surface area contributed by atoms with Crippen LogP contribution in [0.4, 0.5) is 0 Å². The van der Waals surface area contributed by atoms with Crippen LogP contribution in [0, 0.1) is 5.92 Å². The second-order valence-corrected chi connectivity index (χ2v) is 8.13. The number of rotatable bonds is 3. The maximum absolute atomic E-state index is 11.9. The first-order chi connectivity index (χ1) is 10.2. The fraction of sp³-hybridized carbons (Fsp3) is 0.385. The van der Waals surface area contributed by atoms with E-state index in [1.165, 1.54) is 12.1 Å². The van der Waals surface area contributed by atoms with Crippen LogP contribution in [0.2, 0.25) is 10.0 Å². The highest BCUT2D eigenvalue weighted by atomic mass is 35.5. The van der Waals surface area contributed by atoms with Gasteiger partial charge in [0.25, 0.3) is 0 Å². The van der Waals surface area contributed by atoms with Crippen LogP contribution in [-0.4, -0.2) is 36.6 Å². The van der Waals surface area contributed by atoms with Crippen molar-refractivity contribution in [2.45, 2.75) is 13.3 Å². The fourth-order valence-electron chi connectivity index (χ4n) is 2.13. The molecule has 1 amide bonds. The lowest BCUT2D eigenvalue weighted by Crippen LogP contribution is -2.28. The molecule has 1 fully saturated rings. The SMILES string of the molecule is C/C(=N\NC(=O)[C@H]1CCS(=O)(=O)C1)c1cc(Cl)cc(Cl)c1O. The molecule has 0 radical (unpaired) electrons. The molecule has 0 bridgehead atoms. The number of carbonyl (C=O) groups excluding carboxylic acids is 1. The lowest BCUT2D eigenvalue weighted by molar-refractivity contribution is -0.124. The van der Waals surface area contributed by atoms with E-state index in [1.54, 1.807) is 6.92 Å². The Bertz CT molecular complexity index is 747. The van der Waals surface area contributed by atoms with Gasteiger partial charge in [0.05, 0.1) is 28.2 Å². The third-order valence-electron chi connectivity index (χ3n) is 3.35. The first-order valence-electron chi connectivity index (χ1n) is 6.42. The molecule has 1 atom stereocenters. The van der Waals surface area contributed by atoms with Crippen LogP contribution in [-0.2, 0) is 14.6 Å². The van der Waals surface area contributed by atoms with Crippen molar-refractivity contribution in [2.24, 2.45) is 11.0 Å². The number of hydrogen-bond acceptors (Lipinski definition) is 5. The van der Waals surface area contributed by atoms with Crippen LogP contribution in [0.5, 0.6) is 5.75 Å². The van der Waals surface area contributed by atoms with Gasteiger partial charge in [-0.05, 0) is 25.5 Å². The summed E-state index contributed by atoms with van der Waals surface area (Å²) in [6, 6.07) is 2.85. The molecule has 1 aliphatic heterocycles. The van der Waals surface area contributed by atoms with E-state index in [0.717, 1.165) is 0 Å². The van der Waals surface area contributed by atoms with Gasteiger partial charge < -0.3 is 5.11 Å². The molecule has 9 heteroatoms. The van der Waals surface area contributed by atoms with Crippen LogP contribution >= 0.6 is 23.2 Å². The van der Waals surface area contributed by atoms with Crippen LogP contribution in [0.15, 0.2) is 17.2 Å². The Morgan fingerprint density at radius 1 is 1.41 bits per heavy atom. The number of aromatic hydroxyl groups is 1. The Kier molecular flexibility index (Phi) is 4.99. The van der Waals surface area contributed by atoms with E-state index in [0.29, 0.717) is 10.7 Å². The van der Waals surface area contributed by atoms with Crippen molar-refractivity contribution >= 4 is 44.7 Å². The van der Waals surface area contributed by atoms with E-state index in [9.17, 15) is 18.3 Å². The molecular formula is C13H14Cl2N2O4S. The number of nitrogens with zero attached hydrogens (tertiary/aromatic N) is 1. The summed E-state index contributed by atoms with van der Waals surface area (Å²) in [4.78, 5) is 11.9. The number of benzene rings is 1. The molecule has 1 aliphatic rings. The van der Waals surface area contributed by atoms with Gasteiger partial charge in [0.15, 0.2) is 9.84 Å². The lowest BCUT2D eigenvalue weighted by atomic mass is 10.1. The van der Waals surface area contributed by atoms with E-state index >= 15 is 0 Å². The second kappa shape index (κ2) is 6.44. The highest BCUT2D eigenvalue weighted by molar-refractivity contribution is 7.91. The smallest absolute Gasteiger partial charge is 0.244 e. The molecule has 0 aromatic heterocycles. The highest BCUT2D eigenvalue weighted by Crippen LogP contribution is 2.31. The van der Waals surface area contributed by atoms with Crippen LogP contribution in [0.1, 0.15) is 18.9 Å². The number of amides is 1. The molecule has 2 N–H and O–H groups in total. The van der Waals surface area contributed by atoms with Gasteiger partial charge in [-0.1, -0.05) is 23.2 Å².